The Kier molecular flexibility index (Phi) is 6.94. The summed E-state index contributed by atoms with van der Waals surface area (Å²) in [5.41, 5.74) is 0.313. The average Bonchev–Trinajstić information content (AvgIpc) is 2.40. The topological polar surface area (TPSA) is 78.4 Å². The molecule has 5 nitrogen and oxygen atoms in total. The monoisotopic (exact) mass is 316 g/mol. The third kappa shape index (κ3) is 6.94. The van der Waals surface area contributed by atoms with Crippen molar-refractivity contribution in [2.24, 2.45) is 5.92 Å². The molecular weight excluding hydrogens is 299 g/mol. The average molecular weight is 317 g/mol. The van der Waals surface area contributed by atoms with E-state index in [0.29, 0.717) is 25.1 Å². The van der Waals surface area contributed by atoms with Crippen LogP contribution < -0.4 is 10.6 Å². The van der Waals surface area contributed by atoms with E-state index in [1.165, 1.54) is 12.1 Å². The van der Waals surface area contributed by atoms with E-state index in [9.17, 15) is 14.0 Å². The van der Waals surface area contributed by atoms with Crippen molar-refractivity contribution in [1.29, 1.82) is 0 Å². The van der Waals surface area contributed by atoms with Crippen LogP contribution in [0.1, 0.15) is 26.2 Å². The van der Waals surface area contributed by atoms with E-state index in [1.54, 1.807) is 0 Å². The molecule has 1 unspecified atom stereocenters. The predicted molar refractivity (Wildman–Crippen MR) is 79.1 cm³/mol. The second-order valence-electron chi connectivity index (χ2n) is 4.84. The summed E-state index contributed by atoms with van der Waals surface area (Å²) in [5, 5.41) is 13.7. The van der Waals surface area contributed by atoms with Crippen LogP contribution in [-0.2, 0) is 4.79 Å². The van der Waals surface area contributed by atoms with Crippen LogP contribution in [0.2, 0.25) is 5.02 Å². The summed E-state index contributed by atoms with van der Waals surface area (Å²) in [7, 11) is 0. The molecule has 2 amide bonds. The Morgan fingerprint density at radius 3 is 2.71 bits per heavy atom. The Hall–Kier alpha value is -1.82. The lowest BCUT2D eigenvalue weighted by atomic mass is 10.0. The van der Waals surface area contributed by atoms with Gasteiger partial charge in [0.2, 0.25) is 0 Å². The molecule has 0 saturated carbocycles. The zero-order chi connectivity index (χ0) is 15.8. The van der Waals surface area contributed by atoms with Gasteiger partial charge in [0.25, 0.3) is 0 Å². The summed E-state index contributed by atoms with van der Waals surface area (Å²) in [6.07, 6.45) is 1.37. The number of carbonyl (C=O) groups is 2. The van der Waals surface area contributed by atoms with Crippen molar-refractivity contribution < 1.29 is 19.1 Å². The molecule has 1 rings (SSSR count). The van der Waals surface area contributed by atoms with Gasteiger partial charge in [-0.25, -0.2) is 9.18 Å². The predicted octanol–water partition coefficient (Wildman–Crippen LogP) is 3.49. The standard InChI is InChI=1S/C14H18ClFN2O3/c1-9(2-5-13(19)20)6-7-17-14(21)18-10-3-4-11(15)12(16)8-10/h3-4,8-9H,2,5-7H2,1H3,(H,19,20)(H2,17,18,21). The van der Waals surface area contributed by atoms with Crippen LogP contribution >= 0.6 is 11.6 Å². The van der Waals surface area contributed by atoms with Gasteiger partial charge in [-0.15, -0.1) is 0 Å². The first-order valence-corrected chi connectivity index (χ1v) is 6.98. The lowest BCUT2D eigenvalue weighted by Gasteiger charge is -2.11. The van der Waals surface area contributed by atoms with Gasteiger partial charge in [0, 0.05) is 18.7 Å². The Morgan fingerprint density at radius 2 is 2.10 bits per heavy atom. The molecule has 0 fully saturated rings. The first-order valence-electron chi connectivity index (χ1n) is 6.60. The number of hydrogen-bond donors (Lipinski definition) is 3. The zero-order valence-corrected chi connectivity index (χ0v) is 12.4. The lowest BCUT2D eigenvalue weighted by molar-refractivity contribution is -0.137. The fourth-order valence-electron chi connectivity index (χ4n) is 1.70. The third-order valence-electron chi connectivity index (χ3n) is 2.95. The molecule has 116 valence electrons. The number of urea groups is 1. The van der Waals surface area contributed by atoms with Gasteiger partial charge in [-0.05, 0) is 37.0 Å². The van der Waals surface area contributed by atoms with E-state index in [-0.39, 0.29) is 17.4 Å². The van der Waals surface area contributed by atoms with Gasteiger partial charge >= 0.3 is 12.0 Å². The van der Waals surface area contributed by atoms with Crippen molar-refractivity contribution in [3.05, 3.63) is 29.0 Å². The molecule has 1 aromatic rings. The summed E-state index contributed by atoms with van der Waals surface area (Å²) in [6.45, 7) is 2.35. The Morgan fingerprint density at radius 1 is 1.38 bits per heavy atom. The van der Waals surface area contributed by atoms with Crippen molar-refractivity contribution in [3.8, 4) is 0 Å². The van der Waals surface area contributed by atoms with Gasteiger partial charge in [0.1, 0.15) is 5.82 Å². The Balaban J connectivity index is 2.27. The quantitative estimate of drug-likeness (QED) is 0.720. The summed E-state index contributed by atoms with van der Waals surface area (Å²) in [4.78, 5) is 22.0. The maximum Gasteiger partial charge on any atom is 0.319 e. The molecule has 0 heterocycles. The molecule has 0 aromatic heterocycles. The minimum atomic E-state index is -0.822. The van der Waals surface area contributed by atoms with E-state index >= 15 is 0 Å². The number of anilines is 1. The second-order valence-corrected chi connectivity index (χ2v) is 5.24. The number of rotatable bonds is 7. The number of benzene rings is 1. The number of amides is 2. The van der Waals surface area contributed by atoms with Gasteiger partial charge in [0.15, 0.2) is 0 Å². The van der Waals surface area contributed by atoms with Crippen LogP contribution in [0, 0.1) is 11.7 Å². The molecule has 0 saturated heterocycles. The zero-order valence-electron chi connectivity index (χ0n) is 11.7. The van der Waals surface area contributed by atoms with Crippen molar-refractivity contribution in [1.82, 2.24) is 5.32 Å². The number of nitrogens with one attached hydrogen (secondary N) is 2. The van der Waals surface area contributed by atoms with Crippen LogP contribution in [0.25, 0.3) is 0 Å². The normalized spacial score (nSPS) is 11.8. The highest BCUT2D eigenvalue weighted by Gasteiger charge is 2.08. The van der Waals surface area contributed by atoms with Gasteiger partial charge in [-0.3, -0.25) is 4.79 Å². The van der Waals surface area contributed by atoms with E-state index in [1.807, 2.05) is 6.92 Å². The molecule has 0 bridgehead atoms. The highest BCUT2D eigenvalue weighted by Crippen LogP contribution is 2.18. The fourth-order valence-corrected chi connectivity index (χ4v) is 1.81. The number of carboxylic acids is 1. The number of hydrogen-bond acceptors (Lipinski definition) is 2. The highest BCUT2D eigenvalue weighted by atomic mass is 35.5. The molecule has 0 aliphatic heterocycles. The van der Waals surface area contributed by atoms with Crippen LogP contribution in [0.4, 0.5) is 14.9 Å². The number of aliphatic carboxylic acids is 1. The smallest absolute Gasteiger partial charge is 0.319 e. The Labute approximate surface area is 127 Å². The maximum absolute atomic E-state index is 13.2. The lowest BCUT2D eigenvalue weighted by Crippen LogP contribution is -2.30. The van der Waals surface area contributed by atoms with Crippen molar-refractivity contribution in [2.75, 3.05) is 11.9 Å². The van der Waals surface area contributed by atoms with Crippen molar-refractivity contribution in [3.63, 3.8) is 0 Å². The third-order valence-corrected chi connectivity index (χ3v) is 3.26. The SMILES string of the molecule is CC(CCNC(=O)Nc1ccc(Cl)c(F)c1)CCC(=O)O. The summed E-state index contributed by atoms with van der Waals surface area (Å²) < 4.78 is 13.2. The molecule has 1 aromatic carbocycles. The van der Waals surface area contributed by atoms with Crippen LogP contribution in [0.5, 0.6) is 0 Å². The molecule has 7 heteroatoms. The van der Waals surface area contributed by atoms with Gasteiger partial charge in [0.05, 0.1) is 5.02 Å². The van der Waals surface area contributed by atoms with Gasteiger partial charge < -0.3 is 15.7 Å². The summed E-state index contributed by atoms with van der Waals surface area (Å²) in [6, 6.07) is 3.56. The molecule has 0 aliphatic rings. The molecular formula is C14H18ClFN2O3. The van der Waals surface area contributed by atoms with Crippen molar-refractivity contribution >= 4 is 29.3 Å². The largest absolute Gasteiger partial charge is 0.481 e. The molecule has 1 atom stereocenters. The van der Waals surface area contributed by atoms with E-state index in [2.05, 4.69) is 10.6 Å². The molecule has 0 spiro atoms. The second kappa shape index (κ2) is 8.46. The Bertz CT molecular complexity index is 511. The molecule has 3 N–H and O–H groups in total. The first-order chi connectivity index (χ1) is 9.88. The fraction of sp³-hybridized carbons (Fsp3) is 0.429. The van der Waals surface area contributed by atoms with E-state index in [0.717, 1.165) is 6.07 Å². The molecule has 21 heavy (non-hydrogen) atoms. The highest BCUT2D eigenvalue weighted by molar-refractivity contribution is 6.30. The maximum atomic E-state index is 13.2. The van der Waals surface area contributed by atoms with Gasteiger partial charge in [-0.2, -0.15) is 0 Å². The van der Waals surface area contributed by atoms with Crippen molar-refractivity contribution in [2.45, 2.75) is 26.2 Å². The first kappa shape index (κ1) is 17.2. The van der Waals surface area contributed by atoms with Crippen LogP contribution in [0.15, 0.2) is 18.2 Å². The minimum Gasteiger partial charge on any atom is -0.481 e. The number of carboxylic acid groups (broad SMARTS) is 1. The van der Waals surface area contributed by atoms with E-state index in [4.69, 9.17) is 16.7 Å². The van der Waals surface area contributed by atoms with Crippen LogP contribution in [0.3, 0.4) is 0 Å². The summed E-state index contributed by atoms with van der Waals surface area (Å²) >= 11 is 5.54. The van der Waals surface area contributed by atoms with Gasteiger partial charge in [-0.1, -0.05) is 18.5 Å². The number of halogens is 2. The summed E-state index contributed by atoms with van der Waals surface area (Å²) in [5.74, 6) is -1.22. The minimum absolute atomic E-state index is 0.00628. The van der Waals surface area contributed by atoms with E-state index < -0.39 is 17.8 Å². The molecule has 0 aliphatic carbocycles. The number of carbonyl (C=O) groups excluding carboxylic acids is 1. The van der Waals surface area contributed by atoms with Crippen LogP contribution in [-0.4, -0.2) is 23.7 Å². The molecule has 0 radical (unpaired) electrons.